The predicted octanol–water partition coefficient (Wildman–Crippen LogP) is 1.64. The molecule has 3 nitrogen and oxygen atoms in total. The Kier molecular flexibility index (Phi) is 4.77. The third kappa shape index (κ3) is 2.34. The molecule has 2 heterocycles. The van der Waals surface area contributed by atoms with Crippen LogP contribution in [0.1, 0.15) is 5.56 Å². The second kappa shape index (κ2) is 5.07. The van der Waals surface area contributed by atoms with Crippen LogP contribution in [0.5, 0.6) is 0 Å². The van der Waals surface area contributed by atoms with Gasteiger partial charge in [-0.05, 0) is 23.8 Å². The summed E-state index contributed by atoms with van der Waals surface area (Å²) >= 11 is 0. The number of hydrogen-bond acceptors (Lipinski definition) is 2. The SMILES string of the molecule is Cl.Cl.NCc1ccn2nccc2c1. The topological polar surface area (TPSA) is 43.3 Å². The predicted molar refractivity (Wildman–Crippen MR) is 57.6 cm³/mol. The van der Waals surface area contributed by atoms with E-state index in [1.807, 2.05) is 28.9 Å². The molecule has 2 N–H and O–H groups in total. The van der Waals surface area contributed by atoms with Crippen molar-refractivity contribution in [3.8, 4) is 0 Å². The van der Waals surface area contributed by atoms with Crippen LogP contribution in [-0.4, -0.2) is 9.61 Å². The van der Waals surface area contributed by atoms with Gasteiger partial charge in [-0.2, -0.15) is 5.10 Å². The average molecular weight is 220 g/mol. The number of nitrogens with two attached hydrogens (primary N) is 1. The summed E-state index contributed by atoms with van der Waals surface area (Å²) in [5.74, 6) is 0. The van der Waals surface area contributed by atoms with Crippen molar-refractivity contribution in [3.05, 3.63) is 36.2 Å². The molecule has 0 atom stereocenters. The zero-order valence-corrected chi connectivity index (χ0v) is 8.52. The summed E-state index contributed by atoms with van der Waals surface area (Å²) in [5.41, 5.74) is 7.71. The highest BCUT2D eigenvalue weighted by molar-refractivity contribution is 5.85. The lowest BCUT2D eigenvalue weighted by Gasteiger charge is -1.96. The van der Waals surface area contributed by atoms with Crippen molar-refractivity contribution >= 4 is 30.3 Å². The first-order chi connectivity index (χ1) is 5.40. The summed E-state index contributed by atoms with van der Waals surface area (Å²) < 4.78 is 1.82. The Morgan fingerprint density at radius 3 is 2.77 bits per heavy atom. The summed E-state index contributed by atoms with van der Waals surface area (Å²) in [7, 11) is 0. The van der Waals surface area contributed by atoms with E-state index in [1.54, 1.807) is 6.20 Å². The third-order valence-electron chi connectivity index (χ3n) is 1.70. The van der Waals surface area contributed by atoms with Crippen molar-refractivity contribution in [2.75, 3.05) is 0 Å². The lowest BCUT2D eigenvalue weighted by molar-refractivity contribution is 0.947. The van der Waals surface area contributed by atoms with Crippen LogP contribution in [0.4, 0.5) is 0 Å². The van der Waals surface area contributed by atoms with E-state index in [1.165, 1.54) is 0 Å². The molecule has 0 unspecified atom stereocenters. The van der Waals surface area contributed by atoms with Crippen molar-refractivity contribution < 1.29 is 0 Å². The van der Waals surface area contributed by atoms with E-state index in [0.717, 1.165) is 11.1 Å². The quantitative estimate of drug-likeness (QED) is 0.793. The Morgan fingerprint density at radius 1 is 1.31 bits per heavy atom. The summed E-state index contributed by atoms with van der Waals surface area (Å²) in [6.45, 7) is 0.585. The maximum absolute atomic E-state index is 5.48. The van der Waals surface area contributed by atoms with Gasteiger partial charge >= 0.3 is 0 Å². The van der Waals surface area contributed by atoms with Gasteiger partial charge in [-0.1, -0.05) is 0 Å². The van der Waals surface area contributed by atoms with Crippen LogP contribution in [0.15, 0.2) is 30.6 Å². The lowest BCUT2D eigenvalue weighted by Crippen LogP contribution is -1.97. The molecule has 0 saturated carbocycles. The number of pyridine rings is 1. The highest BCUT2D eigenvalue weighted by atomic mass is 35.5. The number of aromatic nitrogens is 2. The molecule has 0 aliphatic rings. The van der Waals surface area contributed by atoms with Gasteiger partial charge in [0.15, 0.2) is 0 Å². The second-order valence-corrected chi connectivity index (χ2v) is 2.44. The molecule has 0 bridgehead atoms. The van der Waals surface area contributed by atoms with Crippen LogP contribution in [0.3, 0.4) is 0 Å². The van der Waals surface area contributed by atoms with Crippen LogP contribution in [0.25, 0.3) is 5.52 Å². The normalized spacial score (nSPS) is 9.00. The Balaban J connectivity index is 0.000000720. The maximum Gasteiger partial charge on any atom is 0.0664 e. The molecule has 0 fully saturated rings. The van der Waals surface area contributed by atoms with Crippen LogP contribution in [0, 0.1) is 0 Å². The minimum atomic E-state index is 0. The molecule has 0 spiro atoms. The summed E-state index contributed by atoms with van der Waals surface area (Å²) in [6.07, 6.45) is 3.69. The number of hydrogen-bond donors (Lipinski definition) is 1. The molecule has 2 aromatic heterocycles. The highest BCUT2D eigenvalue weighted by Gasteiger charge is 1.93. The van der Waals surface area contributed by atoms with Crippen molar-refractivity contribution in [2.45, 2.75) is 6.54 Å². The van der Waals surface area contributed by atoms with E-state index in [2.05, 4.69) is 5.10 Å². The molecular formula is C8H11Cl2N3. The van der Waals surface area contributed by atoms with Gasteiger partial charge in [0.05, 0.1) is 5.52 Å². The molecule has 2 aromatic rings. The van der Waals surface area contributed by atoms with E-state index < -0.39 is 0 Å². The maximum atomic E-state index is 5.48. The molecule has 0 saturated heterocycles. The standard InChI is InChI=1S/C8H9N3.2ClH/c9-6-7-2-4-11-8(5-7)1-3-10-11;;/h1-5H,6,9H2;2*1H. The molecule has 0 aromatic carbocycles. The van der Waals surface area contributed by atoms with Gasteiger partial charge in [0.25, 0.3) is 0 Å². The van der Waals surface area contributed by atoms with E-state index in [-0.39, 0.29) is 24.8 Å². The van der Waals surface area contributed by atoms with Gasteiger partial charge in [-0.25, -0.2) is 4.52 Å². The zero-order chi connectivity index (χ0) is 7.68. The third-order valence-corrected chi connectivity index (χ3v) is 1.70. The average Bonchev–Trinajstić information content (AvgIpc) is 2.50. The summed E-state index contributed by atoms with van der Waals surface area (Å²) in [6, 6.07) is 5.96. The van der Waals surface area contributed by atoms with Crippen molar-refractivity contribution in [1.82, 2.24) is 9.61 Å². The summed E-state index contributed by atoms with van der Waals surface area (Å²) in [5, 5.41) is 4.07. The monoisotopic (exact) mass is 219 g/mol. The van der Waals surface area contributed by atoms with Crippen molar-refractivity contribution in [3.63, 3.8) is 0 Å². The molecule has 5 heteroatoms. The second-order valence-electron chi connectivity index (χ2n) is 2.44. The fourth-order valence-electron chi connectivity index (χ4n) is 1.09. The number of rotatable bonds is 1. The van der Waals surface area contributed by atoms with Crippen molar-refractivity contribution in [1.29, 1.82) is 0 Å². The van der Waals surface area contributed by atoms with Gasteiger partial charge in [0, 0.05) is 18.9 Å². The Hall–Kier alpha value is -0.770. The molecule has 2 rings (SSSR count). The molecule has 0 amide bonds. The lowest BCUT2D eigenvalue weighted by atomic mass is 10.2. The first-order valence-corrected chi connectivity index (χ1v) is 3.52. The van der Waals surface area contributed by atoms with Gasteiger partial charge < -0.3 is 5.73 Å². The number of fused-ring (bicyclic) bond motifs is 1. The largest absolute Gasteiger partial charge is 0.326 e. The zero-order valence-electron chi connectivity index (χ0n) is 6.88. The Morgan fingerprint density at radius 2 is 2.08 bits per heavy atom. The highest BCUT2D eigenvalue weighted by Crippen LogP contribution is 2.04. The van der Waals surface area contributed by atoms with Crippen LogP contribution < -0.4 is 5.73 Å². The fraction of sp³-hybridized carbons (Fsp3) is 0.125. The minimum Gasteiger partial charge on any atom is -0.326 e. The molecule has 0 aliphatic carbocycles. The molecule has 13 heavy (non-hydrogen) atoms. The number of halogens is 2. The minimum absolute atomic E-state index is 0. The molecule has 0 aliphatic heterocycles. The smallest absolute Gasteiger partial charge is 0.0664 e. The van der Waals surface area contributed by atoms with E-state index in [4.69, 9.17) is 5.73 Å². The van der Waals surface area contributed by atoms with Crippen LogP contribution in [0.2, 0.25) is 0 Å². The van der Waals surface area contributed by atoms with Gasteiger partial charge in [-0.15, -0.1) is 24.8 Å². The van der Waals surface area contributed by atoms with E-state index in [9.17, 15) is 0 Å². The number of nitrogens with zero attached hydrogens (tertiary/aromatic N) is 2. The first-order valence-electron chi connectivity index (χ1n) is 3.52. The van der Waals surface area contributed by atoms with E-state index >= 15 is 0 Å². The first kappa shape index (κ1) is 12.2. The van der Waals surface area contributed by atoms with Crippen LogP contribution in [-0.2, 0) is 6.54 Å². The molecule has 0 radical (unpaired) electrons. The van der Waals surface area contributed by atoms with Crippen LogP contribution >= 0.6 is 24.8 Å². The van der Waals surface area contributed by atoms with Gasteiger partial charge in [-0.3, -0.25) is 0 Å². The Bertz CT molecular complexity index is 372. The molecule has 72 valence electrons. The van der Waals surface area contributed by atoms with Crippen molar-refractivity contribution in [2.24, 2.45) is 5.73 Å². The Labute approximate surface area is 88.7 Å². The summed E-state index contributed by atoms with van der Waals surface area (Å²) in [4.78, 5) is 0. The van der Waals surface area contributed by atoms with E-state index in [0.29, 0.717) is 6.54 Å². The van der Waals surface area contributed by atoms with Gasteiger partial charge in [0.1, 0.15) is 0 Å². The van der Waals surface area contributed by atoms with Gasteiger partial charge in [0.2, 0.25) is 0 Å². The fourth-order valence-corrected chi connectivity index (χ4v) is 1.09. The molecular weight excluding hydrogens is 209 g/mol.